The van der Waals surface area contributed by atoms with Crippen molar-refractivity contribution in [3.63, 3.8) is 0 Å². The Morgan fingerprint density at radius 2 is 1.96 bits per heavy atom. The minimum Gasteiger partial charge on any atom is -0.317 e. The molecule has 4 heterocycles. The van der Waals surface area contributed by atoms with Crippen molar-refractivity contribution in [2.45, 2.75) is 18.8 Å². The summed E-state index contributed by atoms with van der Waals surface area (Å²) in [6, 6.07) is 0. The van der Waals surface area contributed by atoms with E-state index in [9.17, 15) is 4.79 Å². The van der Waals surface area contributed by atoms with E-state index in [0.29, 0.717) is 22.4 Å². The molecule has 1 fully saturated rings. The van der Waals surface area contributed by atoms with Crippen LogP contribution in [-0.2, 0) is 0 Å². The highest BCUT2D eigenvalue weighted by Crippen LogP contribution is 2.31. The molecule has 24 heavy (non-hydrogen) atoms. The molecule has 9 heteroatoms. The predicted octanol–water partition coefficient (Wildman–Crippen LogP) is 2.33. The number of rotatable bonds is 3. The number of anilines is 1. The van der Waals surface area contributed by atoms with Crippen molar-refractivity contribution in [1.29, 1.82) is 0 Å². The summed E-state index contributed by atoms with van der Waals surface area (Å²) in [7, 11) is 0. The Morgan fingerprint density at radius 3 is 2.75 bits per heavy atom. The lowest BCUT2D eigenvalue weighted by atomic mass is 9.97. The minimum absolute atomic E-state index is 0. The molecule has 3 aromatic rings. The summed E-state index contributed by atoms with van der Waals surface area (Å²) in [5.41, 5.74) is 0.844. The molecule has 126 valence electrons. The molecule has 7 nitrogen and oxygen atoms in total. The fourth-order valence-electron chi connectivity index (χ4n) is 2.81. The SMILES string of the molecule is Cl.O=C(Nc1ncc(C2CCNCC2)s1)c1nccn2ccnc12. The second kappa shape index (κ2) is 7.25. The molecule has 4 rings (SSSR count). The highest BCUT2D eigenvalue weighted by molar-refractivity contribution is 7.15. The van der Waals surface area contributed by atoms with Crippen LogP contribution in [-0.4, -0.2) is 38.3 Å². The number of piperidine rings is 1. The molecule has 3 aromatic heterocycles. The topological polar surface area (TPSA) is 84.2 Å². The summed E-state index contributed by atoms with van der Waals surface area (Å²) >= 11 is 1.54. The number of halogens is 1. The van der Waals surface area contributed by atoms with Gasteiger partial charge < -0.3 is 9.72 Å². The van der Waals surface area contributed by atoms with Gasteiger partial charge in [0.25, 0.3) is 5.91 Å². The first-order valence-electron chi connectivity index (χ1n) is 7.57. The highest BCUT2D eigenvalue weighted by Gasteiger charge is 2.19. The molecule has 0 unspecified atom stereocenters. The molecular formula is C15H17ClN6OS. The van der Waals surface area contributed by atoms with E-state index < -0.39 is 0 Å². The van der Waals surface area contributed by atoms with Crippen LogP contribution in [0.1, 0.15) is 34.1 Å². The van der Waals surface area contributed by atoms with Crippen molar-refractivity contribution >= 4 is 40.4 Å². The van der Waals surface area contributed by atoms with Gasteiger partial charge in [0.1, 0.15) is 0 Å². The zero-order chi connectivity index (χ0) is 15.6. The number of carbonyl (C=O) groups is 1. The fourth-order valence-corrected chi connectivity index (χ4v) is 3.79. The van der Waals surface area contributed by atoms with Crippen LogP contribution >= 0.6 is 23.7 Å². The number of aromatic nitrogens is 4. The molecule has 0 aliphatic carbocycles. The summed E-state index contributed by atoms with van der Waals surface area (Å²) in [6.07, 6.45) is 10.9. The van der Waals surface area contributed by atoms with Crippen LogP contribution < -0.4 is 10.6 Å². The maximum absolute atomic E-state index is 12.4. The summed E-state index contributed by atoms with van der Waals surface area (Å²) in [4.78, 5) is 26.3. The molecule has 2 N–H and O–H groups in total. The number of nitrogens with zero attached hydrogens (tertiary/aromatic N) is 4. The number of hydrogen-bond donors (Lipinski definition) is 2. The fraction of sp³-hybridized carbons (Fsp3) is 0.333. The van der Waals surface area contributed by atoms with Crippen molar-refractivity contribution in [2.24, 2.45) is 0 Å². The summed E-state index contributed by atoms with van der Waals surface area (Å²) in [5.74, 6) is 0.251. The van der Waals surface area contributed by atoms with Gasteiger partial charge in [-0.05, 0) is 31.8 Å². The maximum Gasteiger partial charge on any atom is 0.279 e. The molecule has 1 aliphatic heterocycles. The first kappa shape index (κ1) is 16.8. The van der Waals surface area contributed by atoms with Gasteiger partial charge >= 0.3 is 0 Å². The average Bonchev–Trinajstić information content (AvgIpc) is 3.24. The minimum atomic E-state index is -0.284. The van der Waals surface area contributed by atoms with E-state index in [1.807, 2.05) is 6.20 Å². The van der Waals surface area contributed by atoms with E-state index >= 15 is 0 Å². The lowest BCUT2D eigenvalue weighted by molar-refractivity contribution is 0.102. The zero-order valence-electron chi connectivity index (χ0n) is 12.8. The quantitative estimate of drug-likeness (QED) is 0.745. The number of amides is 1. The molecule has 1 aliphatic rings. The molecule has 0 aromatic carbocycles. The third-order valence-corrected chi connectivity index (χ3v) is 5.09. The molecular weight excluding hydrogens is 348 g/mol. The van der Waals surface area contributed by atoms with Gasteiger partial charge in [-0.1, -0.05) is 0 Å². The summed E-state index contributed by atoms with van der Waals surface area (Å²) < 4.78 is 1.77. The van der Waals surface area contributed by atoms with Gasteiger partial charge in [-0.2, -0.15) is 0 Å². The number of nitrogens with one attached hydrogen (secondary N) is 2. The van der Waals surface area contributed by atoms with Gasteiger partial charge in [-0.3, -0.25) is 10.1 Å². The highest BCUT2D eigenvalue weighted by atomic mass is 35.5. The van der Waals surface area contributed by atoms with Gasteiger partial charge in [0, 0.05) is 35.9 Å². The molecule has 0 bridgehead atoms. The monoisotopic (exact) mass is 364 g/mol. The Labute approximate surface area is 149 Å². The number of imidazole rings is 1. The van der Waals surface area contributed by atoms with Gasteiger partial charge in [0.05, 0.1) is 0 Å². The van der Waals surface area contributed by atoms with E-state index in [0.717, 1.165) is 25.9 Å². The Morgan fingerprint density at radius 1 is 1.21 bits per heavy atom. The first-order valence-corrected chi connectivity index (χ1v) is 8.38. The van der Waals surface area contributed by atoms with Crippen LogP contribution in [0.2, 0.25) is 0 Å². The van der Waals surface area contributed by atoms with E-state index in [1.165, 1.54) is 4.88 Å². The Kier molecular flexibility index (Phi) is 5.08. The molecule has 1 amide bonds. The number of hydrogen-bond acceptors (Lipinski definition) is 6. The smallest absolute Gasteiger partial charge is 0.279 e. The first-order chi connectivity index (χ1) is 11.3. The zero-order valence-corrected chi connectivity index (χ0v) is 14.4. The Bertz CT molecular complexity index is 841. The van der Waals surface area contributed by atoms with E-state index in [1.54, 1.807) is 40.5 Å². The summed E-state index contributed by atoms with van der Waals surface area (Å²) in [5, 5.41) is 6.80. The van der Waals surface area contributed by atoms with E-state index in [2.05, 4.69) is 25.6 Å². The second-order valence-electron chi connectivity index (χ2n) is 5.48. The molecule has 0 atom stereocenters. The third-order valence-electron chi connectivity index (χ3n) is 4.01. The van der Waals surface area contributed by atoms with E-state index in [-0.39, 0.29) is 18.3 Å². The van der Waals surface area contributed by atoms with Gasteiger partial charge in [0.2, 0.25) is 0 Å². The van der Waals surface area contributed by atoms with Crippen LogP contribution in [0.25, 0.3) is 5.65 Å². The molecule has 0 saturated carbocycles. The lowest BCUT2D eigenvalue weighted by Gasteiger charge is -2.20. The molecule has 1 saturated heterocycles. The van der Waals surface area contributed by atoms with Crippen LogP contribution in [0, 0.1) is 0 Å². The lowest BCUT2D eigenvalue weighted by Crippen LogP contribution is -2.26. The largest absolute Gasteiger partial charge is 0.317 e. The van der Waals surface area contributed by atoms with Crippen LogP contribution in [0.5, 0.6) is 0 Å². The van der Waals surface area contributed by atoms with Crippen molar-refractivity contribution in [3.8, 4) is 0 Å². The second-order valence-corrected chi connectivity index (χ2v) is 6.54. The van der Waals surface area contributed by atoms with Crippen molar-refractivity contribution in [1.82, 2.24) is 24.7 Å². The van der Waals surface area contributed by atoms with Gasteiger partial charge in [-0.15, -0.1) is 23.7 Å². The number of fused-ring (bicyclic) bond motifs is 1. The number of thiazole rings is 1. The third kappa shape index (κ3) is 3.26. The Balaban J connectivity index is 0.00000169. The Hall–Kier alpha value is -2.03. The van der Waals surface area contributed by atoms with Gasteiger partial charge in [0.15, 0.2) is 16.5 Å². The van der Waals surface area contributed by atoms with Crippen LogP contribution in [0.4, 0.5) is 5.13 Å². The van der Waals surface area contributed by atoms with E-state index in [4.69, 9.17) is 0 Å². The van der Waals surface area contributed by atoms with Crippen molar-refractivity contribution in [2.75, 3.05) is 18.4 Å². The normalized spacial score (nSPS) is 15.2. The van der Waals surface area contributed by atoms with Crippen molar-refractivity contribution < 1.29 is 4.79 Å². The van der Waals surface area contributed by atoms with Gasteiger partial charge in [-0.25, -0.2) is 15.0 Å². The predicted molar refractivity (Wildman–Crippen MR) is 95.1 cm³/mol. The maximum atomic E-state index is 12.4. The average molecular weight is 365 g/mol. The standard InChI is InChI=1S/C15H16N6OS.ClH/c22-14(12-13-18-6-8-21(13)7-5-17-12)20-15-19-9-11(23-15)10-1-3-16-4-2-10;/h5-10,16H,1-4H2,(H,19,20,22);1H. The van der Waals surface area contributed by atoms with Crippen LogP contribution in [0.3, 0.4) is 0 Å². The molecule has 0 spiro atoms. The van der Waals surface area contributed by atoms with Crippen LogP contribution in [0.15, 0.2) is 31.0 Å². The summed E-state index contributed by atoms with van der Waals surface area (Å²) in [6.45, 7) is 2.08. The molecule has 0 radical (unpaired) electrons. The van der Waals surface area contributed by atoms with Crippen molar-refractivity contribution in [3.05, 3.63) is 41.6 Å². The number of carbonyl (C=O) groups excluding carboxylic acids is 1.